The summed E-state index contributed by atoms with van der Waals surface area (Å²) in [7, 11) is 6.38. The Kier molecular flexibility index (Phi) is 8.74. The van der Waals surface area contributed by atoms with Crippen molar-refractivity contribution in [3.8, 4) is 17.2 Å². The van der Waals surface area contributed by atoms with Gasteiger partial charge in [0.15, 0.2) is 17.5 Å². The number of hydrogen-bond acceptors (Lipinski definition) is 6. The molecule has 0 bridgehead atoms. The number of aryl methyl sites for hydroxylation is 1. The van der Waals surface area contributed by atoms with Crippen molar-refractivity contribution in [3.05, 3.63) is 41.6 Å². The van der Waals surface area contributed by atoms with Gasteiger partial charge < -0.3 is 30.2 Å². The van der Waals surface area contributed by atoms with E-state index in [1.165, 1.54) is 0 Å². The maximum atomic E-state index is 12.1. The van der Waals surface area contributed by atoms with Crippen molar-refractivity contribution >= 4 is 17.7 Å². The van der Waals surface area contributed by atoms with Gasteiger partial charge >= 0.3 is 0 Å². The lowest BCUT2D eigenvalue weighted by atomic mass is 10.2. The summed E-state index contributed by atoms with van der Waals surface area (Å²) in [5.41, 5.74) is 1.97. The molecule has 0 spiro atoms. The fourth-order valence-electron chi connectivity index (χ4n) is 2.69. The van der Waals surface area contributed by atoms with Gasteiger partial charge in [0, 0.05) is 32.8 Å². The van der Waals surface area contributed by atoms with Crippen LogP contribution in [0, 0.1) is 6.92 Å². The number of guanidine groups is 1. The van der Waals surface area contributed by atoms with Crippen molar-refractivity contribution in [2.75, 3.05) is 40.2 Å². The van der Waals surface area contributed by atoms with Crippen molar-refractivity contribution < 1.29 is 19.0 Å². The molecule has 30 heavy (non-hydrogen) atoms. The summed E-state index contributed by atoms with van der Waals surface area (Å²) in [5.74, 6) is 2.69. The summed E-state index contributed by atoms with van der Waals surface area (Å²) >= 11 is 0. The van der Waals surface area contributed by atoms with Crippen LogP contribution in [0.3, 0.4) is 0 Å². The zero-order valence-corrected chi connectivity index (χ0v) is 18.0. The minimum absolute atomic E-state index is 0.126. The first-order chi connectivity index (χ1) is 14.5. The van der Waals surface area contributed by atoms with Gasteiger partial charge in [0.05, 0.1) is 21.3 Å². The highest BCUT2D eigenvalue weighted by Crippen LogP contribution is 2.38. The Balaban J connectivity index is 1.85. The number of hydrogen-bond donors (Lipinski definition) is 3. The van der Waals surface area contributed by atoms with Gasteiger partial charge in [-0.15, -0.1) is 0 Å². The highest BCUT2D eigenvalue weighted by molar-refractivity contribution is 5.90. The Labute approximate surface area is 176 Å². The van der Waals surface area contributed by atoms with Crippen LogP contribution in [0.15, 0.2) is 35.5 Å². The highest BCUT2D eigenvalue weighted by Gasteiger charge is 2.13. The Morgan fingerprint density at radius 1 is 1.07 bits per heavy atom. The van der Waals surface area contributed by atoms with Crippen LogP contribution in [0.5, 0.6) is 17.2 Å². The lowest BCUT2D eigenvalue weighted by molar-refractivity contribution is -0.116. The number of amides is 1. The van der Waals surface area contributed by atoms with E-state index < -0.39 is 0 Å². The fraction of sp³-hybridized carbons (Fsp3) is 0.381. The van der Waals surface area contributed by atoms with Crippen molar-refractivity contribution in [2.45, 2.75) is 19.9 Å². The zero-order chi connectivity index (χ0) is 21.9. The van der Waals surface area contributed by atoms with E-state index in [-0.39, 0.29) is 12.3 Å². The molecule has 1 amide bonds. The quantitative estimate of drug-likeness (QED) is 0.425. The van der Waals surface area contributed by atoms with Crippen LogP contribution in [0.25, 0.3) is 0 Å². The Bertz CT molecular complexity index is 843. The maximum absolute atomic E-state index is 12.1. The molecule has 3 N–H and O–H groups in total. The number of benzene rings is 1. The van der Waals surface area contributed by atoms with Crippen molar-refractivity contribution in [2.24, 2.45) is 4.99 Å². The van der Waals surface area contributed by atoms with E-state index in [1.807, 2.05) is 25.1 Å². The molecule has 1 aromatic heterocycles. The molecule has 0 radical (unpaired) electrons. The third-order valence-corrected chi connectivity index (χ3v) is 4.23. The van der Waals surface area contributed by atoms with Gasteiger partial charge in [-0.3, -0.25) is 9.79 Å². The molecule has 162 valence electrons. The van der Waals surface area contributed by atoms with E-state index in [1.54, 1.807) is 40.6 Å². The number of carbonyl (C=O) groups excluding carboxylic acids is 1. The summed E-state index contributed by atoms with van der Waals surface area (Å²) in [5, 5.41) is 9.08. The van der Waals surface area contributed by atoms with Gasteiger partial charge in [0.25, 0.3) is 0 Å². The molecular weight excluding hydrogens is 386 g/mol. The first-order valence-corrected chi connectivity index (χ1v) is 9.46. The minimum atomic E-state index is -0.126. The molecule has 1 aromatic carbocycles. The Morgan fingerprint density at radius 3 is 2.30 bits per heavy atom. The summed E-state index contributed by atoms with van der Waals surface area (Å²) in [4.78, 5) is 20.4. The summed E-state index contributed by atoms with van der Waals surface area (Å²) in [6.07, 6.45) is 1.99. The van der Waals surface area contributed by atoms with E-state index in [4.69, 9.17) is 14.2 Å². The van der Waals surface area contributed by atoms with Gasteiger partial charge in [-0.2, -0.15) is 0 Å². The van der Waals surface area contributed by atoms with Crippen molar-refractivity contribution in [1.82, 2.24) is 15.6 Å². The number of anilines is 1. The topological polar surface area (TPSA) is 106 Å². The fourth-order valence-corrected chi connectivity index (χ4v) is 2.69. The van der Waals surface area contributed by atoms with Gasteiger partial charge in [-0.05, 0) is 36.2 Å². The number of methoxy groups -OCH3 is 3. The molecule has 0 unspecified atom stereocenters. The predicted molar refractivity (Wildman–Crippen MR) is 117 cm³/mol. The molecule has 0 atom stereocenters. The second-order valence-corrected chi connectivity index (χ2v) is 6.41. The number of ether oxygens (including phenoxy) is 3. The van der Waals surface area contributed by atoms with Gasteiger partial charge in [-0.1, -0.05) is 6.07 Å². The normalized spacial score (nSPS) is 10.9. The van der Waals surface area contributed by atoms with Gasteiger partial charge in [0.1, 0.15) is 5.82 Å². The third kappa shape index (κ3) is 6.54. The lowest BCUT2D eigenvalue weighted by Gasteiger charge is -2.16. The second kappa shape index (κ2) is 11.5. The van der Waals surface area contributed by atoms with Crippen LogP contribution in [-0.4, -0.2) is 51.8 Å². The molecule has 2 aromatic rings. The van der Waals surface area contributed by atoms with Crippen LogP contribution < -0.4 is 30.2 Å². The van der Waals surface area contributed by atoms with E-state index in [0.29, 0.717) is 42.1 Å². The van der Waals surface area contributed by atoms with Gasteiger partial charge in [-0.25, -0.2) is 4.98 Å². The zero-order valence-electron chi connectivity index (χ0n) is 18.0. The number of rotatable bonds is 9. The molecule has 0 fully saturated rings. The summed E-state index contributed by atoms with van der Waals surface area (Å²) in [6, 6.07) is 7.40. The van der Waals surface area contributed by atoms with Gasteiger partial charge in [0.2, 0.25) is 11.7 Å². The van der Waals surface area contributed by atoms with E-state index in [9.17, 15) is 4.79 Å². The van der Waals surface area contributed by atoms with Crippen LogP contribution in [0.4, 0.5) is 5.82 Å². The Hall–Kier alpha value is -3.49. The van der Waals surface area contributed by atoms with E-state index in [0.717, 1.165) is 11.1 Å². The average Bonchev–Trinajstić information content (AvgIpc) is 2.76. The molecular formula is C21H29N5O4. The summed E-state index contributed by atoms with van der Waals surface area (Å²) < 4.78 is 16.1. The minimum Gasteiger partial charge on any atom is -0.493 e. The standard InChI is InChI=1S/C21H29N5O4/c1-14-6-7-18(24-12-14)26-19(27)8-9-23-21(22-2)25-13-15-10-16(28-3)20(30-5)17(11-15)29-4/h6-7,10-12H,8-9,13H2,1-5H3,(H2,22,23,25)(H,24,26,27). The smallest absolute Gasteiger partial charge is 0.227 e. The highest BCUT2D eigenvalue weighted by atomic mass is 16.5. The first-order valence-electron chi connectivity index (χ1n) is 9.46. The van der Waals surface area contributed by atoms with Crippen LogP contribution in [-0.2, 0) is 11.3 Å². The molecule has 0 aliphatic carbocycles. The largest absolute Gasteiger partial charge is 0.493 e. The molecule has 1 heterocycles. The molecule has 9 heteroatoms. The molecule has 9 nitrogen and oxygen atoms in total. The summed E-state index contributed by atoms with van der Waals surface area (Å²) in [6.45, 7) is 2.85. The Morgan fingerprint density at radius 2 is 1.77 bits per heavy atom. The van der Waals surface area contributed by atoms with Crippen LogP contribution in [0.2, 0.25) is 0 Å². The monoisotopic (exact) mass is 415 g/mol. The number of carbonyl (C=O) groups is 1. The SMILES string of the molecule is CN=C(NCCC(=O)Nc1ccc(C)cn1)NCc1cc(OC)c(OC)c(OC)c1. The maximum Gasteiger partial charge on any atom is 0.227 e. The number of nitrogens with zero attached hydrogens (tertiary/aromatic N) is 2. The third-order valence-electron chi connectivity index (χ3n) is 4.23. The second-order valence-electron chi connectivity index (χ2n) is 6.41. The van der Waals surface area contributed by atoms with Crippen LogP contribution >= 0.6 is 0 Å². The van der Waals surface area contributed by atoms with Crippen LogP contribution in [0.1, 0.15) is 17.5 Å². The molecule has 0 saturated heterocycles. The first kappa shape index (κ1) is 22.8. The number of nitrogens with one attached hydrogen (secondary N) is 3. The predicted octanol–water partition coefficient (Wildman–Crippen LogP) is 2.11. The average molecular weight is 415 g/mol. The molecule has 2 rings (SSSR count). The van der Waals surface area contributed by atoms with Crippen molar-refractivity contribution in [3.63, 3.8) is 0 Å². The lowest BCUT2D eigenvalue weighted by Crippen LogP contribution is -2.38. The number of pyridine rings is 1. The van der Waals surface area contributed by atoms with E-state index in [2.05, 4.69) is 25.9 Å². The number of aromatic nitrogens is 1. The molecule has 0 saturated carbocycles. The molecule has 0 aliphatic rings. The van der Waals surface area contributed by atoms with E-state index >= 15 is 0 Å². The number of aliphatic imine (C=N–C) groups is 1. The van der Waals surface area contributed by atoms with Crippen molar-refractivity contribution in [1.29, 1.82) is 0 Å². The molecule has 0 aliphatic heterocycles.